The van der Waals surface area contributed by atoms with Gasteiger partial charge in [0.1, 0.15) is 12.2 Å². The Morgan fingerprint density at radius 3 is 1.59 bits per heavy atom. The van der Waals surface area contributed by atoms with Crippen LogP contribution in [0.15, 0.2) is 186 Å². The van der Waals surface area contributed by atoms with E-state index in [1.807, 2.05) is 0 Å². The molecule has 0 spiro atoms. The summed E-state index contributed by atoms with van der Waals surface area (Å²) in [6, 6.07) is 64.5. The molecule has 0 saturated carbocycles. The molecule has 11 aromatic rings. The Morgan fingerprint density at radius 2 is 0.918 bits per heavy atom. The number of hydrogen-bond acceptors (Lipinski definition) is 3. The molecule has 5 heteroatoms. The van der Waals surface area contributed by atoms with Crippen molar-refractivity contribution in [3.8, 4) is 16.8 Å². The monoisotopic (exact) mass is 785 g/mol. The Morgan fingerprint density at radius 1 is 0.426 bits per heavy atom. The van der Waals surface area contributed by atoms with E-state index >= 15 is 0 Å². The van der Waals surface area contributed by atoms with Crippen molar-refractivity contribution in [1.29, 1.82) is 0 Å². The molecule has 2 aromatic heterocycles. The van der Waals surface area contributed by atoms with Gasteiger partial charge in [-0.3, -0.25) is 0 Å². The van der Waals surface area contributed by atoms with Crippen LogP contribution in [0.2, 0.25) is 0 Å². The predicted octanol–water partition coefficient (Wildman–Crippen LogP) is 14.2. The van der Waals surface area contributed by atoms with Crippen molar-refractivity contribution in [3.63, 3.8) is 0 Å². The van der Waals surface area contributed by atoms with Crippen molar-refractivity contribution in [3.05, 3.63) is 187 Å². The number of nitrogens with zero attached hydrogens (tertiary/aromatic N) is 5. The average Bonchev–Trinajstić information content (AvgIpc) is 3.81. The van der Waals surface area contributed by atoms with Gasteiger partial charge in [-0.2, -0.15) is 0 Å². The molecule has 292 valence electrons. The molecule has 5 nitrogen and oxygen atoms in total. The lowest BCUT2D eigenvalue weighted by atomic mass is 9.86. The zero-order chi connectivity index (χ0) is 41.0. The summed E-state index contributed by atoms with van der Waals surface area (Å²) in [5, 5.41) is 12.5. The molecular weight excluding hydrogens is 743 g/mol. The lowest BCUT2D eigenvalue weighted by Crippen LogP contribution is -2.36. The summed E-state index contributed by atoms with van der Waals surface area (Å²) in [5.74, 6) is 0.889. The lowest BCUT2D eigenvalue weighted by molar-refractivity contribution is 0.298. The summed E-state index contributed by atoms with van der Waals surface area (Å²) in [6.45, 7) is 6.87. The maximum absolute atomic E-state index is 5.10. The van der Waals surface area contributed by atoms with Crippen LogP contribution < -0.4 is 0 Å². The summed E-state index contributed by atoms with van der Waals surface area (Å²) in [4.78, 5) is 12.3. The number of para-hydroxylation sites is 2. The van der Waals surface area contributed by atoms with Crippen molar-refractivity contribution in [1.82, 2.24) is 14.0 Å². The van der Waals surface area contributed by atoms with Crippen LogP contribution in [0.5, 0.6) is 0 Å². The minimum atomic E-state index is -0.344. The molecule has 0 saturated heterocycles. The largest absolute Gasteiger partial charge is 0.320 e. The smallest absolute Gasteiger partial charge is 0.206 e. The van der Waals surface area contributed by atoms with E-state index in [9.17, 15) is 0 Å². The number of hydrogen-bond donors (Lipinski definition) is 0. The third-order valence-corrected chi connectivity index (χ3v) is 13.0. The number of aliphatic imine (C=N–C) groups is 2. The number of rotatable bonds is 4. The molecule has 1 atom stereocenters. The second-order valence-corrected chi connectivity index (χ2v) is 17.5. The van der Waals surface area contributed by atoms with Gasteiger partial charge in [0.2, 0.25) is 6.29 Å². The molecule has 0 amide bonds. The summed E-state index contributed by atoms with van der Waals surface area (Å²) < 4.78 is 4.77. The number of benzene rings is 9. The fraction of sp³-hybridized carbons (Fsp3) is 0.107. The first kappa shape index (κ1) is 35.4. The molecule has 12 rings (SSSR count). The van der Waals surface area contributed by atoms with Crippen molar-refractivity contribution in [2.75, 3.05) is 7.05 Å². The zero-order valence-corrected chi connectivity index (χ0v) is 34.6. The highest BCUT2D eigenvalue weighted by atomic mass is 15.4. The van der Waals surface area contributed by atoms with Crippen LogP contribution >= 0.6 is 0 Å². The molecule has 0 radical (unpaired) electrons. The van der Waals surface area contributed by atoms with Gasteiger partial charge in [-0.15, -0.1) is 0 Å². The fourth-order valence-electron chi connectivity index (χ4n) is 9.97. The molecule has 1 unspecified atom stereocenters. The van der Waals surface area contributed by atoms with E-state index in [2.05, 4.69) is 218 Å². The van der Waals surface area contributed by atoms with E-state index in [0.717, 1.165) is 28.1 Å². The maximum Gasteiger partial charge on any atom is 0.206 e. The lowest BCUT2D eigenvalue weighted by Gasteiger charge is -2.32. The highest BCUT2D eigenvalue weighted by Crippen LogP contribution is 2.41. The van der Waals surface area contributed by atoms with Gasteiger partial charge in [-0.05, 0) is 115 Å². The summed E-state index contributed by atoms with van der Waals surface area (Å²) in [5.41, 5.74) is 10.6. The summed E-state index contributed by atoms with van der Waals surface area (Å²) >= 11 is 0. The second-order valence-electron chi connectivity index (χ2n) is 17.5. The topological polar surface area (TPSA) is 37.8 Å². The molecule has 0 fully saturated rings. The van der Waals surface area contributed by atoms with Crippen molar-refractivity contribution in [2.24, 2.45) is 9.98 Å². The number of amidine groups is 1. The molecule has 9 aromatic carbocycles. The Hall–Kier alpha value is -7.50. The maximum atomic E-state index is 5.10. The minimum absolute atomic E-state index is 0.0105. The third kappa shape index (κ3) is 5.40. The van der Waals surface area contributed by atoms with Crippen LogP contribution in [-0.4, -0.2) is 33.3 Å². The first-order chi connectivity index (χ1) is 29.8. The van der Waals surface area contributed by atoms with Gasteiger partial charge in [0, 0.05) is 39.8 Å². The normalized spacial score (nSPS) is 14.7. The minimum Gasteiger partial charge on any atom is -0.320 e. The van der Waals surface area contributed by atoms with Crippen molar-refractivity contribution in [2.45, 2.75) is 32.5 Å². The van der Waals surface area contributed by atoms with Crippen LogP contribution in [0.1, 0.15) is 38.2 Å². The van der Waals surface area contributed by atoms with Crippen LogP contribution in [0.3, 0.4) is 0 Å². The quantitative estimate of drug-likeness (QED) is 0.164. The Bertz CT molecular complexity index is 3620. The van der Waals surface area contributed by atoms with E-state index in [1.165, 1.54) is 81.6 Å². The molecule has 61 heavy (non-hydrogen) atoms. The highest BCUT2D eigenvalue weighted by Gasteiger charge is 2.28. The Labute approximate surface area is 354 Å². The van der Waals surface area contributed by atoms with Crippen LogP contribution in [0.4, 0.5) is 0 Å². The fourth-order valence-corrected chi connectivity index (χ4v) is 9.97. The highest BCUT2D eigenvalue weighted by molar-refractivity contribution is 6.26. The van der Waals surface area contributed by atoms with Gasteiger partial charge in [0.05, 0.1) is 22.1 Å². The first-order valence-electron chi connectivity index (χ1n) is 21.1. The van der Waals surface area contributed by atoms with Crippen LogP contribution in [0.25, 0.3) is 92.7 Å². The predicted molar refractivity (Wildman–Crippen MR) is 259 cm³/mol. The van der Waals surface area contributed by atoms with E-state index in [0.29, 0.717) is 0 Å². The Kier molecular flexibility index (Phi) is 7.70. The molecular formula is C56H43N5. The zero-order valence-electron chi connectivity index (χ0n) is 34.6. The molecule has 0 N–H and O–H groups in total. The molecule has 1 aliphatic heterocycles. The number of fused-ring (bicyclic) bond motifs is 12. The number of aromatic nitrogens is 2. The van der Waals surface area contributed by atoms with Crippen molar-refractivity contribution >= 4 is 88.1 Å². The van der Waals surface area contributed by atoms with E-state index in [4.69, 9.17) is 9.98 Å². The standard InChI is InChI=1S/C56H43N5/c1-56(2,3)38-25-29-53-49(33-38)48-31-36(35-23-27-51-47(30-35)45-20-12-13-21-50(45)60(51)39-14-6-5-7-15-39)24-28-52(48)61(53)55-58-34-57-54(59(55)4)37-22-26-44-42-18-9-8-16-40(42)41-17-10-11-19-43(41)46(44)32-37/h5-34,55H,1-4H3. The average molecular weight is 786 g/mol. The third-order valence-electron chi connectivity index (χ3n) is 13.0. The molecule has 0 bridgehead atoms. The van der Waals surface area contributed by atoms with Crippen molar-refractivity contribution < 1.29 is 0 Å². The van der Waals surface area contributed by atoms with Gasteiger partial charge in [-0.1, -0.05) is 136 Å². The molecule has 0 aliphatic carbocycles. The van der Waals surface area contributed by atoms with Gasteiger partial charge < -0.3 is 14.0 Å². The van der Waals surface area contributed by atoms with Crippen LogP contribution in [-0.2, 0) is 5.41 Å². The van der Waals surface area contributed by atoms with E-state index < -0.39 is 0 Å². The molecule has 3 heterocycles. The van der Waals surface area contributed by atoms with Crippen LogP contribution in [0, 0.1) is 0 Å². The summed E-state index contributed by atoms with van der Waals surface area (Å²) in [6.07, 6.45) is 1.41. The van der Waals surface area contributed by atoms with E-state index in [1.54, 1.807) is 6.34 Å². The second kappa shape index (κ2) is 13.3. The van der Waals surface area contributed by atoms with Gasteiger partial charge in [-0.25, -0.2) is 9.98 Å². The molecule has 1 aliphatic rings. The Balaban J connectivity index is 1.00. The van der Waals surface area contributed by atoms with Gasteiger partial charge in [0.15, 0.2) is 0 Å². The van der Waals surface area contributed by atoms with Gasteiger partial charge >= 0.3 is 0 Å². The van der Waals surface area contributed by atoms with E-state index in [-0.39, 0.29) is 11.7 Å². The SMILES string of the molecule is CN1C(c2ccc3c4ccccc4c4ccccc4c3c2)=NC=NC1n1c2ccc(-c3ccc4c(c3)c3ccccc3n4-c3ccccc3)cc2c2cc(C(C)(C)C)ccc21. The van der Waals surface area contributed by atoms with Gasteiger partial charge in [0.25, 0.3) is 0 Å². The first-order valence-corrected chi connectivity index (χ1v) is 21.1. The summed E-state index contributed by atoms with van der Waals surface area (Å²) in [7, 11) is 2.12.